The number of hydrogen-bond donors (Lipinski definition) is 0. The number of hydrogen-bond acceptors (Lipinski definition) is 5. The maximum atomic E-state index is 12.8. The summed E-state index contributed by atoms with van der Waals surface area (Å²) in [5.74, 6) is 0.869. The molecule has 0 radical (unpaired) electrons. The fraction of sp³-hybridized carbons (Fsp3) is 0.238. The Morgan fingerprint density at radius 2 is 1.70 bits per heavy atom. The van der Waals surface area contributed by atoms with Crippen LogP contribution in [0.4, 0.5) is 5.69 Å². The lowest BCUT2D eigenvalue weighted by atomic mass is 10.2. The summed E-state index contributed by atoms with van der Waals surface area (Å²) in [7, 11) is 1.67. The van der Waals surface area contributed by atoms with Crippen LogP contribution >= 0.6 is 11.3 Å². The molecule has 2 aromatic carbocycles. The molecule has 5 nitrogen and oxygen atoms in total. The highest BCUT2D eigenvalue weighted by Gasteiger charge is 2.24. The lowest BCUT2D eigenvalue weighted by Crippen LogP contribution is -2.48. The van der Waals surface area contributed by atoms with Crippen molar-refractivity contribution in [1.29, 1.82) is 0 Å². The van der Waals surface area contributed by atoms with Crippen molar-refractivity contribution in [3.8, 4) is 16.3 Å². The molecular weight excluding hydrogens is 358 g/mol. The van der Waals surface area contributed by atoms with Gasteiger partial charge in [0.05, 0.1) is 7.11 Å². The van der Waals surface area contributed by atoms with Gasteiger partial charge in [-0.15, -0.1) is 11.3 Å². The van der Waals surface area contributed by atoms with Crippen LogP contribution in [0.5, 0.6) is 5.75 Å². The first kappa shape index (κ1) is 17.5. The first-order valence-electron chi connectivity index (χ1n) is 8.94. The van der Waals surface area contributed by atoms with Crippen molar-refractivity contribution in [2.24, 2.45) is 0 Å². The average Bonchev–Trinajstić information content (AvgIpc) is 3.24. The second-order valence-corrected chi connectivity index (χ2v) is 7.24. The van der Waals surface area contributed by atoms with Crippen molar-refractivity contribution in [1.82, 2.24) is 9.88 Å². The van der Waals surface area contributed by atoms with E-state index in [1.807, 2.05) is 52.7 Å². The number of carbonyl (C=O) groups is 1. The summed E-state index contributed by atoms with van der Waals surface area (Å²) in [5.41, 5.74) is 2.74. The molecule has 0 unspecified atom stereocenters. The molecule has 4 rings (SSSR count). The Morgan fingerprint density at radius 3 is 2.37 bits per heavy atom. The van der Waals surface area contributed by atoms with Crippen LogP contribution < -0.4 is 9.64 Å². The molecule has 0 N–H and O–H groups in total. The van der Waals surface area contributed by atoms with E-state index in [2.05, 4.69) is 22.0 Å². The second kappa shape index (κ2) is 7.80. The van der Waals surface area contributed by atoms with Gasteiger partial charge in [-0.1, -0.05) is 30.3 Å². The van der Waals surface area contributed by atoms with Gasteiger partial charge in [0.2, 0.25) is 0 Å². The first-order valence-corrected chi connectivity index (χ1v) is 9.82. The van der Waals surface area contributed by atoms with E-state index in [-0.39, 0.29) is 5.91 Å². The molecule has 27 heavy (non-hydrogen) atoms. The molecule has 1 fully saturated rings. The third kappa shape index (κ3) is 3.80. The molecule has 0 aliphatic carbocycles. The van der Waals surface area contributed by atoms with Crippen LogP contribution in [0.1, 0.15) is 10.5 Å². The van der Waals surface area contributed by atoms with E-state index < -0.39 is 0 Å². The fourth-order valence-electron chi connectivity index (χ4n) is 3.21. The normalized spacial score (nSPS) is 14.3. The number of rotatable bonds is 4. The van der Waals surface area contributed by atoms with Crippen molar-refractivity contribution in [2.75, 3.05) is 38.2 Å². The quantitative estimate of drug-likeness (QED) is 0.692. The minimum Gasteiger partial charge on any atom is -0.497 e. The molecule has 6 heteroatoms. The van der Waals surface area contributed by atoms with Crippen LogP contribution in [-0.2, 0) is 0 Å². The van der Waals surface area contributed by atoms with Crippen molar-refractivity contribution in [3.05, 3.63) is 65.7 Å². The highest BCUT2D eigenvalue weighted by Crippen LogP contribution is 2.25. The van der Waals surface area contributed by atoms with Gasteiger partial charge in [-0.2, -0.15) is 0 Å². The predicted octanol–water partition coefficient (Wildman–Crippen LogP) is 3.78. The number of ether oxygens (including phenoxy) is 1. The van der Waals surface area contributed by atoms with E-state index in [1.165, 1.54) is 11.3 Å². The van der Waals surface area contributed by atoms with Gasteiger partial charge in [0, 0.05) is 42.8 Å². The Labute approximate surface area is 162 Å². The van der Waals surface area contributed by atoms with Gasteiger partial charge < -0.3 is 14.5 Å². The van der Waals surface area contributed by atoms with E-state index in [0.717, 1.165) is 35.1 Å². The maximum absolute atomic E-state index is 12.8. The van der Waals surface area contributed by atoms with E-state index >= 15 is 0 Å². The number of piperazine rings is 1. The monoisotopic (exact) mass is 379 g/mol. The Morgan fingerprint density at radius 1 is 1.00 bits per heavy atom. The van der Waals surface area contributed by atoms with Crippen LogP contribution in [0.15, 0.2) is 60.0 Å². The molecular formula is C21H21N3O2S. The molecule has 1 amide bonds. The minimum absolute atomic E-state index is 0.0165. The number of anilines is 1. The standard InChI is InChI=1S/C21H21N3O2S/c1-26-18-9-7-17(8-10-18)23-11-13-24(14-12-23)21(25)19-15-27-20(22-19)16-5-3-2-4-6-16/h2-10,15H,11-14H2,1H3. The number of amides is 1. The summed E-state index contributed by atoms with van der Waals surface area (Å²) >= 11 is 1.51. The van der Waals surface area contributed by atoms with Crippen LogP contribution in [0, 0.1) is 0 Å². The van der Waals surface area contributed by atoms with E-state index in [9.17, 15) is 4.79 Å². The zero-order valence-corrected chi connectivity index (χ0v) is 16.0. The van der Waals surface area contributed by atoms with Crippen molar-refractivity contribution in [3.63, 3.8) is 0 Å². The van der Waals surface area contributed by atoms with Crippen LogP contribution in [0.2, 0.25) is 0 Å². The smallest absolute Gasteiger partial charge is 0.273 e. The first-order chi connectivity index (χ1) is 13.2. The van der Waals surface area contributed by atoms with Gasteiger partial charge in [0.25, 0.3) is 5.91 Å². The largest absolute Gasteiger partial charge is 0.497 e. The van der Waals surface area contributed by atoms with Gasteiger partial charge in [-0.3, -0.25) is 4.79 Å². The third-order valence-corrected chi connectivity index (χ3v) is 5.64. The fourth-order valence-corrected chi connectivity index (χ4v) is 4.01. The van der Waals surface area contributed by atoms with Crippen molar-refractivity contribution >= 4 is 22.9 Å². The van der Waals surface area contributed by atoms with Crippen LogP contribution in [0.25, 0.3) is 10.6 Å². The van der Waals surface area contributed by atoms with E-state index in [1.54, 1.807) is 7.11 Å². The van der Waals surface area contributed by atoms with Gasteiger partial charge in [-0.25, -0.2) is 4.98 Å². The predicted molar refractivity (Wildman–Crippen MR) is 109 cm³/mol. The molecule has 1 aromatic heterocycles. The Kier molecular flexibility index (Phi) is 5.07. The highest BCUT2D eigenvalue weighted by molar-refractivity contribution is 7.13. The zero-order valence-electron chi connectivity index (χ0n) is 15.2. The maximum Gasteiger partial charge on any atom is 0.273 e. The molecule has 0 spiro atoms. The lowest BCUT2D eigenvalue weighted by Gasteiger charge is -2.35. The summed E-state index contributed by atoms with van der Waals surface area (Å²) in [6, 6.07) is 18.0. The highest BCUT2D eigenvalue weighted by atomic mass is 32.1. The molecule has 1 saturated heterocycles. The molecule has 0 saturated carbocycles. The van der Waals surface area contributed by atoms with Gasteiger partial charge in [0.1, 0.15) is 16.5 Å². The summed E-state index contributed by atoms with van der Waals surface area (Å²) in [6.45, 7) is 3.02. The third-order valence-electron chi connectivity index (χ3n) is 4.75. The number of benzene rings is 2. The minimum atomic E-state index is 0.0165. The number of nitrogens with zero attached hydrogens (tertiary/aromatic N) is 3. The summed E-state index contributed by atoms with van der Waals surface area (Å²) in [5, 5.41) is 2.75. The number of methoxy groups -OCH3 is 1. The van der Waals surface area contributed by atoms with Crippen molar-refractivity contribution in [2.45, 2.75) is 0 Å². The SMILES string of the molecule is COc1ccc(N2CCN(C(=O)c3csc(-c4ccccc4)n3)CC2)cc1. The Balaban J connectivity index is 1.39. The van der Waals surface area contributed by atoms with Gasteiger partial charge in [0.15, 0.2) is 0 Å². The van der Waals surface area contributed by atoms with Crippen LogP contribution in [-0.4, -0.2) is 49.1 Å². The van der Waals surface area contributed by atoms with Gasteiger partial charge >= 0.3 is 0 Å². The number of aromatic nitrogens is 1. The van der Waals surface area contributed by atoms with Gasteiger partial charge in [-0.05, 0) is 24.3 Å². The van der Waals surface area contributed by atoms with E-state index in [4.69, 9.17) is 4.74 Å². The molecule has 2 heterocycles. The Hall–Kier alpha value is -2.86. The topological polar surface area (TPSA) is 45.7 Å². The molecule has 1 aliphatic heterocycles. The Bertz CT molecular complexity index is 901. The molecule has 138 valence electrons. The zero-order chi connectivity index (χ0) is 18.6. The number of thiazole rings is 1. The number of carbonyl (C=O) groups excluding carboxylic acids is 1. The average molecular weight is 379 g/mol. The molecule has 0 bridgehead atoms. The summed E-state index contributed by atoms with van der Waals surface area (Å²) in [4.78, 5) is 21.5. The molecule has 1 aliphatic rings. The summed E-state index contributed by atoms with van der Waals surface area (Å²) < 4.78 is 5.21. The lowest BCUT2D eigenvalue weighted by molar-refractivity contribution is 0.0742. The van der Waals surface area contributed by atoms with Crippen LogP contribution in [0.3, 0.4) is 0 Å². The van der Waals surface area contributed by atoms with Crippen molar-refractivity contribution < 1.29 is 9.53 Å². The molecule has 3 aromatic rings. The molecule has 0 atom stereocenters. The van der Waals surface area contributed by atoms with E-state index in [0.29, 0.717) is 18.8 Å². The second-order valence-electron chi connectivity index (χ2n) is 6.38. The summed E-state index contributed by atoms with van der Waals surface area (Å²) in [6.07, 6.45) is 0.